The van der Waals surface area contributed by atoms with Crippen molar-refractivity contribution in [3.63, 3.8) is 0 Å². The maximum absolute atomic E-state index is 5.43. The Kier molecular flexibility index (Phi) is 6.27. The third kappa shape index (κ3) is 4.98. The smallest absolute Gasteiger partial charge is 0.146 e. The van der Waals surface area contributed by atoms with Gasteiger partial charge in [0, 0.05) is 8.80 Å². The summed E-state index contributed by atoms with van der Waals surface area (Å²) in [6.07, 6.45) is 6.58. The Morgan fingerprint density at radius 1 is 1.09 bits per heavy atom. The van der Waals surface area contributed by atoms with Crippen LogP contribution < -0.4 is 0 Å². The predicted molar refractivity (Wildman–Crippen MR) is 112 cm³/mol. The molecule has 0 heterocycles. The molecule has 0 saturated carbocycles. The molecule has 1 unspecified atom stereocenters. The molecule has 0 nitrogen and oxygen atoms in total. The molecule has 0 N–H and O–H groups in total. The third-order valence-electron chi connectivity index (χ3n) is 4.63. The summed E-state index contributed by atoms with van der Waals surface area (Å²) >= 11 is 10.9. The largest absolute Gasteiger partial charge is 0.245 e. The van der Waals surface area contributed by atoms with E-state index in [1.54, 1.807) is 27.8 Å². The normalized spacial score (nSPS) is 19.4. The SMILES string of the molecule is CC(C)C1=CC([SiH](C)C)c2cc3c(cc21)CCC3.C[Si](C)(Cl)Cl. The van der Waals surface area contributed by atoms with E-state index in [0.717, 1.165) is 5.54 Å². The first-order valence-electron chi connectivity index (χ1n) is 8.83. The van der Waals surface area contributed by atoms with Crippen LogP contribution >= 0.6 is 22.2 Å². The van der Waals surface area contributed by atoms with Gasteiger partial charge in [0.2, 0.25) is 6.69 Å². The number of aryl methyl sites for hydroxylation is 2. The van der Waals surface area contributed by atoms with Gasteiger partial charge in [0.05, 0.1) is 0 Å². The fourth-order valence-corrected chi connectivity index (χ4v) is 5.18. The molecule has 23 heavy (non-hydrogen) atoms. The Balaban J connectivity index is 0.000000338. The van der Waals surface area contributed by atoms with Crippen LogP contribution in [-0.4, -0.2) is 15.5 Å². The average Bonchev–Trinajstić information content (AvgIpc) is 2.96. The molecule has 0 spiro atoms. The predicted octanol–water partition coefficient (Wildman–Crippen LogP) is 6.50. The van der Waals surface area contributed by atoms with Crippen molar-refractivity contribution >= 4 is 43.2 Å². The lowest BCUT2D eigenvalue weighted by Gasteiger charge is -2.16. The van der Waals surface area contributed by atoms with E-state index in [4.69, 9.17) is 22.2 Å². The lowest BCUT2D eigenvalue weighted by Crippen LogP contribution is -2.12. The molecule has 1 aromatic carbocycles. The van der Waals surface area contributed by atoms with E-state index < -0.39 is 15.5 Å². The number of hydrogen-bond acceptors (Lipinski definition) is 0. The standard InChI is InChI=1S/C17H24Si.C2H6Cl2Si/c1-11(2)14-10-17(18(3)4)16-9-13-7-5-6-12(13)8-15(14)16;1-5(2,3)4/h8-11,17-18H,5-7H2,1-4H3;1-2H3. The molecule has 0 aliphatic heterocycles. The summed E-state index contributed by atoms with van der Waals surface area (Å²) in [6.45, 7) is 11.7. The van der Waals surface area contributed by atoms with E-state index in [0.29, 0.717) is 5.92 Å². The first-order chi connectivity index (χ1) is 10.6. The van der Waals surface area contributed by atoms with Crippen LogP contribution in [0.25, 0.3) is 5.57 Å². The molecular formula is C19H30Cl2Si2. The summed E-state index contributed by atoms with van der Waals surface area (Å²) in [7, 11) is -0.643. The summed E-state index contributed by atoms with van der Waals surface area (Å²) in [6, 6.07) is 5.08. The van der Waals surface area contributed by atoms with Gasteiger partial charge in [-0.2, -0.15) is 0 Å². The van der Waals surface area contributed by atoms with Crippen LogP contribution in [0.15, 0.2) is 18.2 Å². The number of hydrogen-bond donors (Lipinski definition) is 0. The summed E-state index contributed by atoms with van der Waals surface area (Å²) in [5, 5.41) is 0. The van der Waals surface area contributed by atoms with Gasteiger partial charge in [-0.15, -0.1) is 22.2 Å². The maximum atomic E-state index is 5.43. The first-order valence-corrected chi connectivity index (χ1v) is 16.8. The van der Waals surface area contributed by atoms with Crippen LogP contribution in [0.4, 0.5) is 0 Å². The Morgan fingerprint density at radius 2 is 1.61 bits per heavy atom. The van der Waals surface area contributed by atoms with Gasteiger partial charge in [-0.3, -0.25) is 0 Å². The number of rotatable bonds is 2. The highest BCUT2D eigenvalue weighted by molar-refractivity contribution is 7.44. The van der Waals surface area contributed by atoms with Gasteiger partial charge in [-0.25, -0.2) is 0 Å². The lowest BCUT2D eigenvalue weighted by molar-refractivity contribution is 0.856. The van der Waals surface area contributed by atoms with Crippen LogP contribution in [0.5, 0.6) is 0 Å². The second-order valence-corrected chi connectivity index (χ2v) is 20.0. The Hall–Kier alpha value is -0.0262. The number of fused-ring (bicyclic) bond motifs is 2. The summed E-state index contributed by atoms with van der Waals surface area (Å²) in [5.74, 6) is 0.668. The van der Waals surface area contributed by atoms with Crippen LogP contribution in [0.1, 0.15) is 48.1 Å². The Bertz CT molecular complexity index is 592. The van der Waals surface area contributed by atoms with E-state index in [2.05, 4.69) is 45.2 Å². The van der Waals surface area contributed by atoms with Crippen molar-refractivity contribution in [2.45, 2.75) is 64.8 Å². The van der Waals surface area contributed by atoms with Gasteiger partial charge in [-0.1, -0.05) is 45.2 Å². The van der Waals surface area contributed by atoms with Crippen LogP contribution in [0.3, 0.4) is 0 Å². The molecule has 0 bridgehead atoms. The quantitative estimate of drug-likeness (QED) is 0.402. The number of benzene rings is 1. The van der Waals surface area contributed by atoms with Crippen molar-refractivity contribution in [3.8, 4) is 0 Å². The fraction of sp³-hybridized carbons (Fsp3) is 0.579. The molecule has 3 rings (SSSR count). The molecule has 0 aromatic heterocycles. The molecule has 4 heteroatoms. The van der Waals surface area contributed by atoms with Crippen LogP contribution in [0.2, 0.25) is 26.2 Å². The minimum absolute atomic E-state index is 0.643. The molecule has 0 saturated heterocycles. The second-order valence-electron chi connectivity index (χ2n) is 7.94. The highest BCUT2D eigenvalue weighted by Gasteiger charge is 2.29. The molecule has 1 atom stereocenters. The minimum Gasteiger partial charge on any atom is -0.146 e. The van der Waals surface area contributed by atoms with Gasteiger partial charge < -0.3 is 0 Å². The second kappa shape index (κ2) is 7.47. The highest BCUT2D eigenvalue weighted by atomic mass is 35.7. The van der Waals surface area contributed by atoms with Gasteiger partial charge in [0.15, 0.2) is 0 Å². The molecule has 2 aliphatic rings. The molecule has 0 radical (unpaired) electrons. The summed E-state index contributed by atoms with van der Waals surface area (Å²) in [5.41, 5.74) is 8.94. The third-order valence-corrected chi connectivity index (χ3v) is 6.62. The molecule has 0 amide bonds. The minimum atomic E-state index is -1.67. The van der Waals surface area contributed by atoms with E-state index in [-0.39, 0.29) is 0 Å². The van der Waals surface area contributed by atoms with Crippen molar-refractivity contribution in [1.29, 1.82) is 0 Å². The first kappa shape index (κ1) is 19.3. The monoisotopic (exact) mass is 384 g/mol. The van der Waals surface area contributed by atoms with Gasteiger partial charge in [0.1, 0.15) is 0 Å². The summed E-state index contributed by atoms with van der Waals surface area (Å²) in [4.78, 5) is 0. The van der Waals surface area contributed by atoms with Crippen molar-refractivity contribution in [2.24, 2.45) is 5.92 Å². The van der Waals surface area contributed by atoms with Crippen molar-refractivity contribution < 1.29 is 0 Å². The van der Waals surface area contributed by atoms with Gasteiger partial charge in [-0.05, 0) is 71.6 Å². The van der Waals surface area contributed by atoms with E-state index in [1.165, 1.54) is 19.3 Å². The molecule has 2 aliphatic carbocycles. The van der Waals surface area contributed by atoms with Crippen molar-refractivity contribution in [2.75, 3.05) is 0 Å². The molecule has 1 aromatic rings. The zero-order valence-corrected chi connectivity index (χ0v) is 19.0. The Labute approximate surface area is 154 Å². The lowest BCUT2D eigenvalue weighted by atomic mass is 9.94. The van der Waals surface area contributed by atoms with Gasteiger partial charge in [0.25, 0.3) is 0 Å². The van der Waals surface area contributed by atoms with E-state index in [1.807, 2.05) is 13.1 Å². The van der Waals surface area contributed by atoms with Crippen molar-refractivity contribution in [1.82, 2.24) is 0 Å². The zero-order valence-electron chi connectivity index (χ0n) is 15.3. The van der Waals surface area contributed by atoms with Gasteiger partial charge >= 0.3 is 0 Å². The zero-order chi connectivity index (χ0) is 17.4. The number of allylic oxidation sites excluding steroid dienone is 2. The van der Waals surface area contributed by atoms with Crippen molar-refractivity contribution in [3.05, 3.63) is 40.5 Å². The highest BCUT2D eigenvalue weighted by Crippen LogP contribution is 2.43. The van der Waals surface area contributed by atoms with Crippen LogP contribution in [-0.2, 0) is 12.8 Å². The number of halogens is 2. The maximum Gasteiger partial charge on any atom is 0.245 e. The molecule has 0 fully saturated rings. The fourth-order valence-electron chi connectivity index (χ4n) is 3.60. The topological polar surface area (TPSA) is 0 Å². The Morgan fingerprint density at radius 3 is 2.09 bits per heavy atom. The van der Waals surface area contributed by atoms with E-state index >= 15 is 0 Å². The molecular weight excluding hydrogens is 355 g/mol. The molecule has 128 valence electrons. The van der Waals surface area contributed by atoms with Crippen LogP contribution in [0, 0.1) is 5.92 Å². The average molecular weight is 386 g/mol. The summed E-state index contributed by atoms with van der Waals surface area (Å²) < 4.78 is 0. The van der Waals surface area contributed by atoms with E-state index in [9.17, 15) is 0 Å².